The van der Waals surface area contributed by atoms with E-state index in [2.05, 4.69) is 41.6 Å². The minimum atomic E-state index is -0.467. The van der Waals surface area contributed by atoms with Gasteiger partial charge in [-0.05, 0) is 80.9 Å². The van der Waals surface area contributed by atoms with E-state index < -0.39 is 5.60 Å². The molecule has 0 aromatic heterocycles. The summed E-state index contributed by atoms with van der Waals surface area (Å²) < 4.78 is 11.3. The van der Waals surface area contributed by atoms with Gasteiger partial charge in [-0.1, -0.05) is 33.3 Å². The second kappa shape index (κ2) is 12.5. The number of methoxy groups -OCH3 is 1. The van der Waals surface area contributed by atoms with Gasteiger partial charge in [0.05, 0.1) is 28.8 Å². The van der Waals surface area contributed by atoms with Crippen LogP contribution in [0.2, 0.25) is 0 Å². The molecule has 3 atom stereocenters. The van der Waals surface area contributed by atoms with Gasteiger partial charge in [-0.2, -0.15) is 0 Å². The number of rotatable bonds is 11. The molecule has 3 unspecified atom stereocenters. The number of hydrogen-bond donors (Lipinski definition) is 0. The van der Waals surface area contributed by atoms with Crippen molar-refractivity contribution in [2.45, 2.75) is 85.8 Å². The van der Waals surface area contributed by atoms with E-state index in [4.69, 9.17) is 9.47 Å². The molecule has 0 aliphatic rings. The van der Waals surface area contributed by atoms with Crippen molar-refractivity contribution in [1.82, 2.24) is 0 Å². The van der Waals surface area contributed by atoms with Crippen LogP contribution in [-0.4, -0.2) is 37.2 Å². The first-order valence-corrected chi connectivity index (χ1v) is 12.1. The molecule has 0 aliphatic carbocycles. The van der Waals surface area contributed by atoms with Crippen LogP contribution >= 0.6 is 15.9 Å². The molecular weight excluding hydrogens is 458 g/mol. The molecule has 5 nitrogen and oxygen atoms in total. The summed E-state index contributed by atoms with van der Waals surface area (Å²) in [4.78, 5) is 27.0. The van der Waals surface area contributed by atoms with Crippen molar-refractivity contribution < 1.29 is 19.1 Å². The number of nitrogens with zero attached hydrogens (tertiary/aromatic N) is 1. The fraction of sp³-hybridized carbons (Fsp3) is 0.680. The molecule has 0 saturated carbocycles. The zero-order chi connectivity index (χ0) is 23.8. The summed E-state index contributed by atoms with van der Waals surface area (Å²) in [6.45, 7) is 14.9. The molecule has 1 aromatic carbocycles. The van der Waals surface area contributed by atoms with Gasteiger partial charge in [0.15, 0.2) is 0 Å². The van der Waals surface area contributed by atoms with Gasteiger partial charge >= 0.3 is 11.9 Å². The molecule has 0 saturated heterocycles. The van der Waals surface area contributed by atoms with Crippen LogP contribution in [0.4, 0.5) is 5.69 Å². The number of carbonyl (C=O) groups excluding carboxylic acids is 2. The van der Waals surface area contributed by atoms with Gasteiger partial charge in [-0.25, -0.2) is 4.79 Å². The van der Waals surface area contributed by atoms with E-state index in [0.29, 0.717) is 11.6 Å². The second-order valence-electron chi connectivity index (χ2n) is 9.24. The van der Waals surface area contributed by atoms with E-state index in [1.54, 1.807) is 6.07 Å². The Morgan fingerprint density at radius 1 is 1.10 bits per heavy atom. The zero-order valence-electron chi connectivity index (χ0n) is 20.5. The Morgan fingerprint density at radius 2 is 1.74 bits per heavy atom. The maximum atomic E-state index is 12.5. The van der Waals surface area contributed by atoms with Crippen LogP contribution in [0.3, 0.4) is 0 Å². The Hall–Kier alpha value is -1.56. The SMILES string of the molecule is CCCC(CCC(C)C(C)C(=O)OC(C)(C)C)N(CC)c1cccc(C(=O)OC)c1Br. The van der Waals surface area contributed by atoms with Crippen molar-refractivity contribution in [3.63, 3.8) is 0 Å². The molecule has 0 spiro atoms. The lowest BCUT2D eigenvalue weighted by atomic mass is 9.88. The first-order valence-electron chi connectivity index (χ1n) is 11.3. The van der Waals surface area contributed by atoms with Crippen molar-refractivity contribution in [3.8, 4) is 0 Å². The topological polar surface area (TPSA) is 55.8 Å². The molecule has 176 valence electrons. The molecule has 1 rings (SSSR count). The minimum Gasteiger partial charge on any atom is -0.465 e. The number of esters is 2. The highest BCUT2D eigenvalue weighted by molar-refractivity contribution is 9.10. The third-order valence-electron chi connectivity index (χ3n) is 5.68. The van der Waals surface area contributed by atoms with E-state index in [1.165, 1.54) is 7.11 Å². The lowest BCUT2D eigenvalue weighted by Crippen LogP contribution is -2.36. The van der Waals surface area contributed by atoms with Gasteiger partial charge in [0.1, 0.15) is 5.60 Å². The third-order valence-corrected chi connectivity index (χ3v) is 6.52. The van der Waals surface area contributed by atoms with Crippen molar-refractivity contribution in [2.75, 3.05) is 18.6 Å². The molecule has 0 N–H and O–H groups in total. The fourth-order valence-electron chi connectivity index (χ4n) is 3.76. The summed E-state index contributed by atoms with van der Waals surface area (Å²) in [6.07, 6.45) is 3.99. The number of carbonyl (C=O) groups is 2. The zero-order valence-corrected chi connectivity index (χ0v) is 22.0. The molecule has 0 radical (unpaired) electrons. The minimum absolute atomic E-state index is 0.132. The molecule has 0 bridgehead atoms. The van der Waals surface area contributed by atoms with Gasteiger partial charge < -0.3 is 14.4 Å². The third kappa shape index (κ3) is 8.13. The van der Waals surface area contributed by atoms with Crippen LogP contribution in [0.1, 0.15) is 84.5 Å². The van der Waals surface area contributed by atoms with Crippen LogP contribution in [0.25, 0.3) is 0 Å². The van der Waals surface area contributed by atoms with E-state index in [0.717, 1.165) is 42.4 Å². The highest BCUT2D eigenvalue weighted by atomic mass is 79.9. The molecular formula is C25H40BrNO4. The summed E-state index contributed by atoms with van der Waals surface area (Å²) in [5, 5.41) is 0. The average molecular weight is 499 g/mol. The maximum absolute atomic E-state index is 12.5. The van der Waals surface area contributed by atoms with Gasteiger partial charge in [0.2, 0.25) is 0 Å². The quantitative estimate of drug-likeness (QED) is 0.321. The molecule has 0 fully saturated rings. The summed E-state index contributed by atoms with van der Waals surface area (Å²) in [6, 6.07) is 6.01. The molecule has 6 heteroatoms. The highest BCUT2D eigenvalue weighted by Gasteiger charge is 2.28. The Balaban J connectivity index is 2.99. The van der Waals surface area contributed by atoms with Crippen LogP contribution in [0, 0.1) is 11.8 Å². The average Bonchev–Trinajstić information content (AvgIpc) is 2.70. The van der Waals surface area contributed by atoms with Crippen LogP contribution in [0.15, 0.2) is 22.7 Å². The number of benzene rings is 1. The lowest BCUT2D eigenvalue weighted by molar-refractivity contribution is -0.161. The smallest absolute Gasteiger partial charge is 0.339 e. The van der Waals surface area contributed by atoms with E-state index >= 15 is 0 Å². The molecule has 31 heavy (non-hydrogen) atoms. The predicted octanol–water partition coefficient (Wildman–Crippen LogP) is 6.62. The maximum Gasteiger partial charge on any atom is 0.339 e. The van der Waals surface area contributed by atoms with Crippen LogP contribution in [-0.2, 0) is 14.3 Å². The Bertz CT molecular complexity index is 729. The van der Waals surface area contributed by atoms with Gasteiger partial charge in [-0.3, -0.25) is 4.79 Å². The van der Waals surface area contributed by atoms with E-state index in [9.17, 15) is 9.59 Å². The van der Waals surface area contributed by atoms with Crippen molar-refractivity contribution in [1.29, 1.82) is 0 Å². The predicted molar refractivity (Wildman–Crippen MR) is 131 cm³/mol. The van der Waals surface area contributed by atoms with Crippen LogP contribution < -0.4 is 4.90 Å². The van der Waals surface area contributed by atoms with Gasteiger partial charge in [0, 0.05) is 12.6 Å². The highest BCUT2D eigenvalue weighted by Crippen LogP contribution is 2.34. The van der Waals surface area contributed by atoms with E-state index in [-0.39, 0.29) is 23.8 Å². The summed E-state index contributed by atoms with van der Waals surface area (Å²) >= 11 is 3.63. The lowest BCUT2D eigenvalue weighted by Gasteiger charge is -2.35. The summed E-state index contributed by atoms with van der Waals surface area (Å²) in [5.74, 6) is -0.409. The van der Waals surface area contributed by atoms with Gasteiger partial charge in [0.25, 0.3) is 0 Å². The normalized spacial score (nSPS) is 14.5. The Kier molecular flexibility index (Phi) is 11.1. The molecule has 0 aliphatic heterocycles. The van der Waals surface area contributed by atoms with Crippen molar-refractivity contribution in [2.24, 2.45) is 11.8 Å². The van der Waals surface area contributed by atoms with Crippen molar-refractivity contribution >= 4 is 33.6 Å². The molecule has 0 amide bonds. The number of hydrogen-bond acceptors (Lipinski definition) is 5. The first-order chi connectivity index (χ1) is 14.5. The fourth-order valence-corrected chi connectivity index (χ4v) is 4.41. The standard InChI is InChI=1S/C25H40BrNO4/c1-9-12-19(16-15-17(3)18(4)23(28)31-25(5,6)7)27(10-2)21-14-11-13-20(22(21)26)24(29)30-8/h11,13-14,17-19H,9-10,12,15-16H2,1-8H3. The van der Waals surface area contributed by atoms with E-state index in [1.807, 2.05) is 39.8 Å². The summed E-state index contributed by atoms with van der Waals surface area (Å²) in [5.41, 5.74) is 1.06. The molecule has 0 heterocycles. The van der Waals surface area contributed by atoms with Crippen LogP contribution in [0.5, 0.6) is 0 Å². The number of anilines is 1. The van der Waals surface area contributed by atoms with Gasteiger partial charge in [-0.15, -0.1) is 0 Å². The number of ether oxygens (including phenoxy) is 2. The Labute approximate surface area is 197 Å². The first kappa shape index (κ1) is 27.5. The largest absolute Gasteiger partial charge is 0.465 e. The number of halogens is 1. The Morgan fingerprint density at radius 3 is 2.26 bits per heavy atom. The monoisotopic (exact) mass is 497 g/mol. The second-order valence-corrected chi connectivity index (χ2v) is 10.0. The van der Waals surface area contributed by atoms with Crippen molar-refractivity contribution in [3.05, 3.63) is 28.2 Å². The molecule has 1 aromatic rings. The summed E-state index contributed by atoms with van der Waals surface area (Å²) in [7, 11) is 1.39.